The van der Waals surface area contributed by atoms with Crippen molar-refractivity contribution in [3.8, 4) is 0 Å². The van der Waals surface area contributed by atoms with Crippen LogP contribution in [0.1, 0.15) is 34.9 Å². The Kier molecular flexibility index (Phi) is 2.99. The van der Waals surface area contributed by atoms with Gasteiger partial charge in [-0.3, -0.25) is 9.48 Å². The van der Waals surface area contributed by atoms with Crippen LogP contribution in [0.3, 0.4) is 0 Å². The van der Waals surface area contributed by atoms with Gasteiger partial charge in [-0.05, 0) is 25.0 Å². The minimum absolute atomic E-state index is 0.0718. The molecule has 0 radical (unpaired) electrons. The Labute approximate surface area is 128 Å². The number of hydrogen-bond donors (Lipinski definition) is 1. The molecule has 2 aromatic heterocycles. The third-order valence-corrected chi connectivity index (χ3v) is 4.38. The van der Waals surface area contributed by atoms with Crippen LogP contribution in [-0.2, 0) is 7.05 Å². The predicted octanol–water partition coefficient (Wildman–Crippen LogP) is 2.88. The summed E-state index contributed by atoms with van der Waals surface area (Å²) in [4.78, 5) is 18.1. The number of nitrogens with one attached hydrogen (secondary N) is 1. The minimum Gasteiger partial charge on any atom is -0.351 e. The Hall–Kier alpha value is -2.56. The second-order valence-electron chi connectivity index (χ2n) is 5.87. The van der Waals surface area contributed by atoms with Gasteiger partial charge < -0.3 is 9.88 Å². The van der Waals surface area contributed by atoms with Gasteiger partial charge in [0, 0.05) is 36.3 Å². The number of amides is 1. The monoisotopic (exact) mass is 294 g/mol. The van der Waals surface area contributed by atoms with Crippen LogP contribution < -0.4 is 0 Å². The van der Waals surface area contributed by atoms with Crippen molar-refractivity contribution in [2.45, 2.75) is 18.9 Å². The standard InChI is InChI=1S/C17H18N4O/c1-20-11-13(10-18-20)16-7-4-8-21(16)17(22)15-9-12-5-2-3-6-14(12)19-15/h2-3,5-6,9-11,16,19H,4,7-8H2,1H3/t16-/m1/s1. The van der Waals surface area contributed by atoms with Crippen molar-refractivity contribution >= 4 is 16.8 Å². The number of likely N-dealkylation sites (tertiary alicyclic amines) is 1. The normalized spacial score (nSPS) is 18.2. The SMILES string of the molecule is Cn1cc([C@H]2CCCN2C(=O)c2cc3ccccc3[nH]2)cn1. The number of rotatable bonds is 2. The first-order valence-electron chi connectivity index (χ1n) is 7.59. The lowest BCUT2D eigenvalue weighted by Crippen LogP contribution is -2.30. The maximum absolute atomic E-state index is 12.9. The highest BCUT2D eigenvalue weighted by Crippen LogP contribution is 2.33. The number of para-hydroxylation sites is 1. The summed E-state index contributed by atoms with van der Waals surface area (Å²) in [5, 5.41) is 5.31. The van der Waals surface area contributed by atoms with Gasteiger partial charge in [-0.25, -0.2) is 0 Å². The number of aromatic nitrogens is 3. The first-order valence-corrected chi connectivity index (χ1v) is 7.59. The fraction of sp³-hybridized carbons (Fsp3) is 0.294. The summed E-state index contributed by atoms with van der Waals surface area (Å²) in [6.07, 6.45) is 5.89. The van der Waals surface area contributed by atoms with E-state index in [0.29, 0.717) is 5.69 Å². The molecular formula is C17H18N4O. The van der Waals surface area contributed by atoms with E-state index in [0.717, 1.165) is 35.9 Å². The molecule has 0 bridgehead atoms. The Morgan fingerprint density at radius 1 is 1.36 bits per heavy atom. The maximum Gasteiger partial charge on any atom is 0.270 e. The zero-order valence-corrected chi connectivity index (χ0v) is 12.5. The smallest absolute Gasteiger partial charge is 0.270 e. The predicted molar refractivity (Wildman–Crippen MR) is 84.5 cm³/mol. The number of benzene rings is 1. The van der Waals surface area contributed by atoms with Crippen LogP contribution in [0.4, 0.5) is 0 Å². The van der Waals surface area contributed by atoms with E-state index in [4.69, 9.17) is 0 Å². The van der Waals surface area contributed by atoms with Crippen molar-refractivity contribution < 1.29 is 4.79 Å². The topological polar surface area (TPSA) is 53.9 Å². The molecule has 5 nitrogen and oxygen atoms in total. The molecule has 1 N–H and O–H groups in total. The Morgan fingerprint density at radius 3 is 3.00 bits per heavy atom. The van der Waals surface area contributed by atoms with Gasteiger partial charge in [0.2, 0.25) is 0 Å². The van der Waals surface area contributed by atoms with Gasteiger partial charge in [-0.2, -0.15) is 5.10 Å². The van der Waals surface area contributed by atoms with E-state index in [-0.39, 0.29) is 11.9 Å². The molecule has 3 aromatic rings. The average Bonchev–Trinajstić information content (AvgIpc) is 3.24. The van der Waals surface area contributed by atoms with Gasteiger partial charge in [-0.15, -0.1) is 0 Å². The zero-order valence-electron chi connectivity index (χ0n) is 12.5. The number of H-pyrrole nitrogens is 1. The Balaban J connectivity index is 1.66. The van der Waals surface area contributed by atoms with E-state index in [1.54, 1.807) is 4.68 Å². The molecule has 1 fully saturated rings. The molecule has 0 unspecified atom stereocenters. The lowest BCUT2D eigenvalue weighted by Gasteiger charge is -2.23. The van der Waals surface area contributed by atoms with Gasteiger partial charge in [0.1, 0.15) is 5.69 Å². The van der Waals surface area contributed by atoms with Crippen molar-refractivity contribution in [2.24, 2.45) is 7.05 Å². The lowest BCUT2D eigenvalue weighted by molar-refractivity contribution is 0.0730. The molecule has 0 spiro atoms. The summed E-state index contributed by atoms with van der Waals surface area (Å²) >= 11 is 0. The van der Waals surface area contributed by atoms with Crippen molar-refractivity contribution in [3.05, 3.63) is 54.0 Å². The summed E-state index contributed by atoms with van der Waals surface area (Å²) in [5.41, 5.74) is 2.78. The fourth-order valence-corrected chi connectivity index (χ4v) is 3.31. The summed E-state index contributed by atoms with van der Waals surface area (Å²) in [7, 11) is 1.91. The van der Waals surface area contributed by atoms with Gasteiger partial charge in [0.15, 0.2) is 0 Å². The van der Waals surface area contributed by atoms with E-state index in [1.807, 2.05) is 54.7 Å². The molecule has 1 aromatic carbocycles. The summed E-state index contributed by atoms with van der Waals surface area (Å²) < 4.78 is 1.79. The number of carbonyl (C=O) groups is 1. The summed E-state index contributed by atoms with van der Waals surface area (Å²) in [6, 6.07) is 10.0. The number of nitrogens with zero attached hydrogens (tertiary/aromatic N) is 3. The van der Waals surface area contributed by atoms with Gasteiger partial charge in [-0.1, -0.05) is 18.2 Å². The average molecular weight is 294 g/mol. The van der Waals surface area contributed by atoms with Crippen LogP contribution in [0.5, 0.6) is 0 Å². The van der Waals surface area contributed by atoms with Crippen LogP contribution in [0.25, 0.3) is 10.9 Å². The fourth-order valence-electron chi connectivity index (χ4n) is 3.31. The van der Waals surface area contributed by atoms with Crippen LogP contribution in [0, 0.1) is 0 Å². The molecule has 1 atom stereocenters. The van der Waals surface area contributed by atoms with Gasteiger partial charge in [0.05, 0.1) is 12.2 Å². The number of hydrogen-bond acceptors (Lipinski definition) is 2. The number of fused-ring (bicyclic) bond motifs is 1. The highest BCUT2D eigenvalue weighted by molar-refractivity contribution is 5.98. The third kappa shape index (κ3) is 2.09. The van der Waals surface area contributed by atoms with E-state index in [9.17, 15) is 4.79 Å². The summed E-state index contributed by atoms with van der Waals surface area (Å²) in [5.74, 6) is 0.0718. The third-order valence-electron chi connectivity index (χ3n) is 4.38. The number of carbonyl (C=O) groups excluding carboxylic acids is 1. The first-order chi connectivity index (χ1) is 10.7. The largest absolute Gasteiger partial charge is 0.351 e. The molecule has 0 saturated carbocycles. The molecule has 1 aliphatic heterocycles. The minimum atomic E-state index is 0.0718. The Bertz CT molecular complexity index is 799. The van der Waals surface area contributed by atoms with Crippen LogP contribution in [0.2, 0.25) is 0 Å². The van der Waals surface area contributed by atoms with Gasteiger partial charge >= 0.3 is 0 Å². The van der Waals surface area contributed by atoms with Crippen LogP contribution in [0.15, 0.2) is 42.7 Å². The van der Waals surface area contributed by atoms with E-state index in [2.05, 4.69) is 10.1 Å². The molecule has 0 aliphatic carbocycles. The van der Waals surface area contributed by atoms with Crippen molar-refractivity contribution in [3.63, 3.8) is 0 Å². The van der Waals surface area contributed by atoms with Crippen LogP contribution in [-0.4, -0.2) is 32.1 Å². The highest BCUT2D eigenvalue weighted by atomic mass is 16.2. The molecule has 112 valence electrons. The second kappa shape index (κ2) is 5.02. The van der Waals surface area contributed by atoms with E-state index in [1.165, 1.54) is 0 Å². The number of aryl methyl sites for hydroxylation is 1. The quantitative estimate of drug-likeness (QED) is 0.790. The van der Waals surface area contributed by atoms with Crippen molar-refractivity contribution in [1.82, 2.24) is 19.7 Å². The molecule has 1 saturated heterocycles. The first kappa shape index (κ1) is 13.1. The maximum atomic E-state index is 12.9. The zero-order chi connectivity index (χ0) is 15.1. The highest BCUT2D eigenvalue weighted by Gasteiger charge is 2.32. The van der Waals surface area contributed by atoms with Gasteiger partial charge in [0.25, 0.3) is 5.91 Å². The molecule has 1 aliphatic rings. The number of aromatic amines is 1. The lowest BCUT2D eigenvalue weighted by atomic mass is 10.1. The summed E-state index contributed by atoms with van der Waals surface area (Å²) in [6.45, 7) is 0.799. The molecule has 22 heavy (non-hydrogen) atoms. The second-order valence-corrected chi connectivity index (χ2v) is 5.87. The molecule has 5 heteroatoms. The van der Waals surface area contributed by atoms with Crippen LogP contribution >= 0.6 is 0 Å². The molecule has 1 amide bonds. The Morgan fingerprint density at radius 2 is 2.23 bits per heavy atom. The molecular weight excluding hydrogens is 276 g/mol. The van der Waals surface area contributed by atoms with E-state index >= 15 is 0 Å². The molecule has 4 rings (SSSR count). The van der Waals surface area contributed by atoms with Crippen molar-refractivity contribution in [2.75, 3.05) is 6.54 Å². The van der Waals surface area contributed by atoms with E-state index < -0.39 is 0 Å². The molecule has 3 heterocycles. The van der Waals surface area contributed by atoms with Crippen molar-refractivity contribution in [1.29, 1.82) is 0 Å².